The molecule has 2 N–H and O–H groups in total. The normalized spacial score (nSPS) is 8.12. The van der Waals surface area contributed by atoms with Crippen LogP contribution in [0.4, 0.5) is 5.00 Å². The van der Waals surface area contributed by atoms with E-state index in [1.807, 2.05) is 18.4 Å². The number of rotatable bonds is 0. The summed E-state index contributed by atoms with van der Waals surface area (Å²) in [5, 5.41) is 2.94. The van der Waals surface area contributed by atoms with Crippen molar-refractivity contribution in [2.24, 2.45) is 0 Å². The number of thiophene rings is 1. The number of nitrogens with two attached hydrogens (primary N) is 1. The number of anilines is 1. The molecule has 0 aliphatic heterocycles. The summed E-state index contributed by atoms with van der Waals surface area (Å²) >= 11 is 1.58. The number of halogens is 1. The highest BCUT2D eigenvalue weighted by atomic mass is 35.5. The van der Waals surface area contributed by atoms with E-state index >= 15 is 0 Å². The molecule has 1 nitrogen and oxygen atoms in total. The van der Waals surface area contributed by atoms with Crippen molar-refractivity contribution in [2.45, 2.75) is 6.92 Å². The molecule has 0 saturated carbocycles. The molecule has 0 aliphatic carbocycles. The highest BCUT2D eigenvalue weighted by Gasteiger charge is 1.84. The van der Waals surface area contributed by atoms with Gasteiger partial charge in [-0.3, -0.25) is 0 Å². The lowest BCUT2D eigenvalue weighted by Gasteiger charge is -1.71. The quantitative estimate of drug-likeness (QED) is 0.601. The van der Waals surface area contributed by atoms with Crippen molar-refractivity contribution in [3.05, 3.63) is 17.0 Å². The Morgan fingerprint density at radius 2 is 2.25 bits per heavy atom. The minimum Gasteiger partial charge on any atom is -0.391 e. The van der Waals surface area contributed by atoms with Gasteiger partial charge in [0.05, 0.1) is 5.00 Å². The minimum absolute atomic E-state index is 0. The Hall–Kier alpha value is -0.210. The van der Waals surface area contributed by atoms with Crippen LogP contribution in [0, 0.1) is 6.92 Å². The zero-order valence-electron chi connectivity index (χ0n) is 4.55. The molecule has 0 fully saturated rings. The van der Waals surface area contributed by atoms with Gasteiger partial charge in [0.1, 0.15) is 0 Å². The summed E-state index contributed by atoms with van der Waals surface area (Å²) in [7, 11) is 0. The second-order valence-electron chi connectivity index (χ2n) is 1.53. The topological polar surface area (TPSA) is 26.0 Å². The van der Waals surface area contributed by atoms with Crippen LogP contribution < -0.4 is 5.73 Å². The minimum atomic E-state index is 0. The molecule has 3 heteroatoms. The fourth-order valence-electron chi connectivity index (χ4n) is 0.453. The third kappa shape index (κ3) is 1.72. The number of hydrogen-bond donors (Lipinski definition) is 1. The van der Waals surface area contributed by atoms with E-state index in [4.69, 9.17) is 5.73 Å². The van der Waals surface area contributed by atoms with Gasteiger partial charge in [0, 0.05) is 0 Å². The molecule has 0 amide bonds. The van der Waals surface area contributed by atoms with Crippen molar-refractivity contribution in [2.75, 3.05) is 5.73 Å². The van der Waals surface area contributed by atoms with Crippen LogP contribution in [0.25, 0.3) is 0 Å². The maximum absolute atomic E-state index is 5.40. The van der Waals surface area contributed by atoms with E-state index in [0.717, 1.165) is 5.00 Å². The summed E-state index contributed by atoms with van der Waals surface area (Å²) in [6.07, 6.45) is 0. The zero-order valence-corrected chi connectivity index (χ0v) is 6.18. The van der Waals surface area contributed by atoms with Crippen LogP contribution in [-0.4, -0.2) is 0 Å². The molecule has 46 valence electrons. The van der Waals surface area contributed by atoms with Gasteiger partial charge in [-0.05, 0) is 23.9 Å². The van der Waals surface area contributed by atoms with Crippen LogP contribution >= 0.6 is 23.7 Å². The average molecular weight is 150 g/mol. The third-order valence-corrected chi connectivity index (χ3v) is 1.63. The third-order valence-electron chi connectivity index (χ3n) is 0.751. The monoisotopic (exact) mass is 149 g/mol. The van der Waals surface area contributed by atoms with Crippen molar-refractivity contribution in [1.82, 2.24) is 0 Å². The molecule has 1 aromatic rings. The average Bonchev–Trinajstić information content (AvgIpc) is 1.87. The van der Waals surface area contributed by atoms with Gasteiger partial charge in [-0.25, -0.2) is 0 Å². The molecule has 0 spiro atoms. The Balaban J connectivity index is 0.000000490. The summed E-state index contributed by atoms with van der Waals surface area (Å²) < 4.78 is 0. The SMILES string of the molecule is Cc1csc(N)c1.Cl. The Morgan fingerprint density at radius 3 is 2.38 bits per heavy atom. The van der Waals surface area contributed by atoms with Crippen LogP contribution in [-0.2, 0) is 0 Å². The first-order valence-corrected chi connectivity index (χ1v) is 2.97. The first-order chi connectivity index (χ1) is 3.29. The predicted molar refractivity (Wildman–Crippen MR) is 40.7 cm³/mol. The van der Waals surface area contributed by atoms with Crippen LogP contribution in [0.3, 0.4) is 0 Å². The van der Waals surface area contributed by atoms with Crippen LogP contribution in [0.5, 0.6) is 0 Å². The van der Waals surface area contributed by atoms with Gasteiger partial charge in [-0.2, -0.15) is 0 Å². The highest BCUT2D eigenvalue weighted by molar-refractivity contribution is 7.14. The second kappa shape index (κ2) is 2.95. The van der Waals surface area contributed by atoms with E-state index in [9.17, 15) is 0 Å². The van der Waals surface area contributed by atoms with Crippen molar-refractivity contribution in [3.8, 4) is 0 Å². The molecule has 1 rings (SSSR count). The van der Waals surface area contributed by atoms with Gasteiger partial charge >= 0.3 is 0 Å². The molecule has 0 aromatic carbocycles. The lowest BCUT2D eigenvalue weighted by molar-refractivity contribution is 1.56. The van der Waals surface area contributed by atoms with Crippen molar-refractivity contribution < 1.29 is 0 Å². The fourth-order valence-corrected chi connectivity index (χ4v) is 1.10. The van der Waals surface area contributed by atoms with Crippen LogP contribution in [0.15, 0.2) is 11.4 Å². The van der Waals surface area contributed by atoms with Gasteiger partial charge in [-0.15, -0.1) is 23.7 Å². The van der Waals surface area contributed by atoms with Gasteiger partial charge in [0.2, 0.25) is 0 Å². The number of hydrogen-bond acceptors (Lipinski definition) is 2. The maximum atomic E-state index is 5.40. The molecule has 0 atom stereocenters. The molecular formula is C5H8ClNS. The largest absolute Gasteiger partial charge is 0.391 e. The molecule has 1 aromatic heterocycles. The molecule has 0 aliphatic rings. The Bertz CT molecular complexity index is 145. The molecule has 0 radical (unpaired) electrons. The van der Waals surface area contributed by atoms with Crippen LogP contribution in [0.2, 0.25) is 0 Å². The molecule has 1 heterocycles. The van der Waals surface area contributed by atoms with E-state index in [2.05, 4.69) is 0 Å². The van der Waals surface area contributed by atoms with E-state index in [0.29, 0.717) is 0 Å². The van der Waals surface area contributed by atoms with E-state index in [1.165, 1.54) is 5.56 Å². The molecule has 0 unspecified atom stereocenters. The fraction of sp³-hybridized carbons (Fsp3) is 0.200. The van der Waals surface area contributed by atoms with E-state index < -0.39 is 0 Å². The summed E-state index contributed by atoms with van der Waals surface area (Å²) in [6.45, 7) is 2.03. The Kier molecular flexibility index (Phi) is 2.87. The van der Waals surface area contributed by atoms with Crippen molar-refractivity contribution in [1.29, 1.82) is 0 Å². The summed E-state index contributed by atoms with van der Waals surface area (Å²) in [5.74, 6) is 0. The smallest absolute Gasteiger partial charge is 0.0859 e. The summed E-state index contributed by atoms with van der Waals surface area (Å²) in [6, 6.07) is 1.96. The lowest BCUT2D eigenvalue weighted by atomic mass is 10.4. The van der Waals surface area contributed by atoms with Gasteiger partial charge in [-0.1, -0.05) is 0 Å². The molecular weight excluding hydrogens is 142 g/mol. The van der Waals surface area contributed by atoms with E-state index in [-0.39, 0.29) is 12.4 Å². The standard InChI is InChI=1S/C5H7NS.ClH/c1-4-2-5(6)7-3-4;/h2-3H,6H2,1H3;1H. The van der Waals surface area contributed by atoms with Gasteiger partial charge in [0.15, 0.2) is 0 Å². The summed E-state index contributed by atoms with van der Waals surface area (Å²) in [4.78, 5) is 0. The molecule has 0 bridgehead atoms. The lowest BCUT2D eigenvalue weighted by Crippen LogP contribution is -1.73. The molecule has 0 saturated heterocycles. The second-order valence-corrected chi connectivity index (χ2v) is 2.47. The molecule has 8 heavy (non-hydrogen) atoms. The first-order valence-electron chi connectivity index (χ1n) is 2.09. The van der Waals surface area contributed by atoms with Crippen molar-refractivity contribution in [3.63, 3.8) is 0 Å². The Labute approximate surface area is 58.9 Å². The predicted octanol–water partition coefficient (Wildman–Crippen LogP) is 2.06. The maximum Gasteiger partial charge on any atom is 0.0859 e. The highest BCUT2D eigenvalue weighted by Crippen LogP contribution is 2.14. The van der Waals surface area contributed by atoms with Crippen LogP contribution in [0.1, 0.15) is 5.56 Å². The Morgan fingerprint density at radius 1 is 1.62 bits per heavy atom. The zero-order chi connectivity index (χ0) is 5.28. The van der Waals surface area contributed by atoms with Crippen molar-refractivity contribution >= 4 is 28.7 Å². The number of nitrogen functional groups attached to an aromatic ring is 1. The van der Waals surface area contributed by atoms with E-state index in [1.54, 1.807) is 11.3 Å². The summed E-state index contributed by atoms with van der Waals surface area (Å²) in [5.41, 5.74) is 6.65. The van der Waals surface area contributed by atoms with Gasteiger partial charge in [0.25, 0.3) is 0 Å². The van der Waals surface area contributed by atoms with Gasteiger partial charge < -0.3 is 5.73 Å². The first kappa shape index (κ1) is 7.79. The number of aryl methyl sites for hydroxylation is 1.